The molecule has 0 amide bonds. The number of hydrogen-bond donors (Lipinski definition) is 8. The molecule has 0 fully saturated rings. The number of hydrogen-bond acceptors (Lipinski definition) is 28. The van der Waals surface area contributed by atoms with Gasteiger partial charge in [-0.2, -0.15) is 21.0 Å². The lowest BCUT2D eigenvalue weighted by Crippen LogP contribution is -2.16. The number of nitrogens with two attached hydrogens (primary N) is 4. The van der Waals surface area contributed by atoms with E-state index in [1.165, 1.54) is 73.8 Å². The van der Waals surface area contributed by atoms with Crippen LogP contribution in [0.5, 0.6) is 0 Å². The maximum absolute atomic E-state index is 13.9. The first-order chi connectivity index (χ1) is 54.3. The number of nitriles is 4. The predicted octanol–water partition coefficient (Wildman–Crippen LogP) is 11.9. The van der Waals surface area contributed by atoms with Gasteiger partial charge in [0.15, 0.2) is 0 Å². The van der Waals surface area contributed by atoms with Gasteiger partial charge in [-0.15, -0.1) is 0 Å². The van der Waals surface area contributed by atoms with Crippen LogP contribution in [0.25, 0.3) is 67.4 Å². The van der Waals surface area contributed by atoms with Crippen LogP contribution in [0.2, 0.25) is 0 Å². The number of halogens is 4. The van der Waals surface area contributed by atoms with Gasteiger partial charge in [0.05, 0.1) is 68.3 Å². The molecule has 4 aromatic carbocycles. The van der Waals surface area contributed by atoms with E-state index in [-0.39, 0.29) is 93.0 Å². The minimum absolute atomic E-state index is 0.0903. The molecule has 12 aromatic heterocycles. The topological polar surface area (TPSA) is 473 Å². The number of anilines is 8. The number of imidazole rings is 4. The minimum atomic E-state index is -0.390. The number of nitrogens with zero attached hydrogens (tertiary/aromatic N) is 24. The molecule has 0 unspecified atom stereocenters. The second-order valence-electron chi connectivity index (χ2n) is 24.3. The molecule has 0 radical (unpaired) electrons. The number of nitrogen functional groups attached to an aromatic ring is 4. The van der Waals surface area contributed by atoms with E-state index >= 15 is 0 Å². The van der Waals surface area contributed by atoms with Crippen LogP contribution in [0.4, 0.5) is 64.1 Å². The summed E-state index contributed by atoms with van der Waals surface area (Å²) in [7, 11) is 0. The highest BCUT2D eigenvalue weighted by Crippen LogP contribution is 2.34. The predicted molar refractivity (Wildman–Crippen MR) is 408 cm³/mol. The van der Waals surface area contributed by atoms with Crippen LogP contribution >= 0.6 is 0 Å². The van der Waals surface area contributed by atoms with E-state index in [0.717, 1.165) is 0 Å². The maximum atomic E-state index is 13.9. The average molecular weight is 1500 g/mol. The molecule has 0 spiro atoms. The van der Waals surface area contributed by atoms with Crippen molar-refractivity contribution in [3.8, 4) is 47.5 Å². The second-order valence-corrected chi connectivity index (χ2v) is 24.3. The highest BCUT2D eigenvalue weighted by molar-refractivity contribution is 5.82. The van der Waals surface area contributed by atoms with Gasteiger partial charge in [-0.25, -0.2) is 97.3 Å². The third-order valence-corrected chi connectivity index (χ3v) is 17.0. The number of pyridine rings is 4. The summed E-state index contributed by atoms with van der Waals surface area (Å²) in [6, 6.07) is 45.9. The zero-order chi connectivity index (χ0) is 78.7. The Morgan fingerprint density at radius 3 is 0.812 bits per heavy atom. The van der Waals surface area contributed by atoms with E-state index in [4.69, 9.17) is 22.9 Å². The van der Waals surface area contributed by atoms with E-state index in [1.807, 2.05) is 122 Å². The van der Waals surface area contributed by atoms with Crippen molar-refractivity contribution < 1.29 is 17.6 Å². The monoisotopic (exact) mass is 1500 g/mol. The van der Waals surface area contributed by atoms with Crippen molar-refractivity contribution in [2.24, 2.45) is 0 Å². The Morgan fingerprint density at radius 2 is 0.554 bits per heavy atom. The zero-order valence-corrected chi connectivity index (χ0v) is 59.3. The number of rotatable bonds is 16. The van der Waals surface area contributed by atoms with Crippen molar-refractivity contribution in [2.75, 3.05) is 44.2 Å². The Bertz CT molecular complexity index is 5790. The Balaban J connectivity index is 0.000000131. The summed E-state index contributed by atoms with van der Waals surface area (Å²) in [4.78, 5) is 67.8. The van der Waals surface area contributed by atoms with Crippen LogP contribution in [0.3, 0.4) is 0 Å². The molecule has 0 aliphatic rings. The van der Waals surface area contributed by atoms with Crippen molar-refractivity contribution in [1.29, 1.82) is 21.0 Å². The summed E-state index contributed by atoms with van der Waals surface area (Å²) >= 11 is 0. The largest absolute Gasteiger partial charge is 0.382 e. The van der Waals surface area contributed by atoms with Crippen molar-refractivity contribution in [3.05, 3.63) is 265 Å². The van der Waals surface area contributed by atoms with E-state index < -0.39 is 0 Å². The Kier molecular flexibility index (Phi) is 21.6. The summed E-state index contributed by atoms with van der Waals surface area (Å²) in [6.45, 7) is 7.43. The lowest BCUT2D eigenvalue weighted by molar-refractivity contribution is 0.628. The summed E-state index contributed by atoms with van der Waals surface area (Å²) in [5.74, 6) is 4.89. The van der Waals surface area contributed by atoms with Gasteiger partial charge in [0.1, 0.15) is 188 Å². The van der Waals surface area contributed by atoms with Crippen molar-refractivity contribution in [3.63, 3.8) is 0 Å². The van der Waals surface area contributed by atoms with Gasteiger partial charge in [-0.05, 0) is 125 Å². The first kappa shape index (κ1) is 74.0. The zero-order valence-electron chi connectivity index (χ0n) is 59.3. The molecule has 36 heteroatoms. The van der Waals surface area contributed by atoms with E-state index in [9.17, 15) is 38.6 Å². The summed E-state index contributed by atoms with van der Waals surface area (Å²) in [5, 5.41) is 49.9. The van der Waals surface area contributed by atoms with Crippen LogP contribution < -0.4 is 44.2 Å². The quantitative estimate of drug-likeness (QED) is 0.0416. The van der Waals surface area contributed by atoms with Crippen LogP contribution in [-0.2, 0) is 0 Å². The van der Waals surface area contributed by atoms with Gasteiger partial charge in [-0.1, -0.05) is 24.3 Å². The molecule has 552 valence electrons. The van der Waals surface area contributed by atoms with Gasteiger partial charge in [0, 0.05) is 49.1 Å². The fourth-order valence-corrected chi connectivity index (χ4v) is 11.9. The standard InChI is InChI=1S/4C19H15FN8/c2*1-11(26-18-13(9-21)17(22)24-10-25-18)19-27-14-8-12(20)5-6-15(14)28(19)16-4-2-3-7-23-16;2*1-11(26-18-13(9-21)17(22)24-10-25-18)19-27-14-6-5-12(20)8-15(14)28(19)16-4-2-3-7-23-16/h4*2-8,10-11H,1H3,(H3,22,24,25,26)/t4*11-/m1010/s1. The minimum Gasteiger partial charge on any atom is -0.382 e. The molecule has 16 rings (SSSR count). The number of nitrogens with one attached hydrogen (secondary N) is 4. The maximum Gasteiger partial charge on any atom is 0.150 e. The molecular weight excluding hydrogens is 1440 g/mol. The molecule has 4 atom stereocenters. The highest BCUT2D eigenvalue weighted by Gasteiger charge is 2.27. The molecule has 0 saturated carbocycles. The molecular formula is C76H60F4N32. The summed E-state index contributed by atoms with van der Waals surface area (Å²) < 4.78 is 62.4. The molecule has 0 saturated heterocycles. The van der Waals surface area contributed by atoms with Crippen LogP contribution in [0, 0.1) is 68.6 Å². The first-order valence-electron chi connectivity index (χ1n) is 33.8. The summed E-state index contributed by atoms with van der Waals surface area (Å²) in [6.07, 6.45) is 11.8. The van der Waals surface area contributed by atoms with Gasteiger partial charge in [0.2, 0.25) is 0 Å². The lowest BCUT2D eigenvalue weighted by atomic mass is 10.2. The molecule has 0 aliphatic heterocycles. The van der Waals surface area contributed by atoms with Gasteiger partial charge < -0.3 is 44.2 Å². The van der Waals surface area contributed by atoms with Gasteiger partial charge in [-0.3, -0.25) is 18.3 Å². The van der Waals surface area contributed by atoms with Crippen LogP contribution in [0.15, 0.2) is 196 Å². The van der Waals surface area contributed by atoms with Crippen LogP contribution in [0.1, 0.15) is 97.4 Å². The van der Waals surface area contributed by atoms with Crippen molar-refractivity contribution >= 4 is 90.7 Å². The SMILES string of the molecule is C[C@@H](Nc1ncnc(N)c1C#N)c1nc2cc(F)ccc2n1-c1ccccn1.C[C@@H](Nc1ncnc(N)c1C#N)c1nc2ccc(F)cc2n1-c1ccccn1.C[C@H](Nc1ncnc(N)c1C#N)c1nc2cc(F)ccc2n1-c1ccccn1.C[C@H](Nc1ncnc(N)c1C#N)c1nc2ccc(F)cc2n1-c1ccccn1. The number of fused-ring (bicyclic) bond motifs is 4. The van der Waals surface area contributed by atoms with Crippen LogP contribution in [-0.4, -0.2) is 98.0 Å². The van der Waals surface area contributed by atoms with E-state index in [0.29, 0.717) is 114 Å². The number of aromatic nitrogens is 20. The molecule has 32 nitrogen and oxygen atoms in total. The average Bonchev–Trinajstić information content (AvgIpc) is 1.64. The Morgan fingerprint density at radius 1 is 0.304 bits per heavy atom. The normalized spacial score (nSPS) is 11.9. The first-order valence-corrected chi connectivity index (χ1v) is 33.8. The fourth-order valence-electron chi connectivity index (χ4n) is 11.9. The van der Waals surface area contributed by atoms with Crippen molar-refractivity contribution in [2.45, 2.75) is 51.9 Å². The molecule has 16 aromatic rings. The van der Waals surface area contributed by atoms with Gasteiger partial charge >= 0.3 is 0 Å². The molecule has 112 heavy (non-hydrogen) atoms. The third-order valence-electron chi connectivity index (χ3n) is 17.0. The van der Waals surface area contributed by atoms with E-state index in [1.54, 1.807) is 70.3 Å². The molecule has 12 N–H and O–H groups in total. The van der Waals surface area contributed by atoms with Crippen molar-refractivity contribution in [1.82, 2.24) is 98.0 Å². The molecule has 12 heterocycles. The fraction of sp³-hybridized carbons (Fsp3) is 0.105. The van der Waals surface area contributed by atoms with E-state index in [2.05, 4.69) is 101 Å². The highest BCUT2D eigenvalue weighted by atomic mass is 19.1. The smallest absolute Gasteiger partial charge is 0.150 e. The Hall–Kier alpha value is -16.2. The lowest BCUT2D eigenvalue weighted by Gasteiger charge is -2.17. The molecule has 0 aliphatic carbocycles. The molecule has 0 bridgehead atoms. The van der Waals surface area contributed by atoms with Gasteiger partial charge in [0.25, 0.3) is 0 Å². The number of benzene rings is 4. The Labute approximate surface area is 632 Å². The third kappa shape index (κ3) is 15.6. The summed E-state index contributed by atoms with van der Waals surface area (Å²) in [5.41, 5.74) is 28.5. The second kappa shape index (κ2) is 32.6.